The SMILES string of the molecule is C/C=C/CCc1ccc(C(F)C(F)c2ccc(-c3ccc(CC/C=C/C)c(F)c3)c(F)c2F)cc1. The summed E-state index contributed by atoms with van der Waals surface area (Å²) >= 11 is 0. The highest BCUT2D eigenvalue weighted by Gasteiger charge is 2.29. The molecule has 0 aliphatic heterocycles. The van der Waals surface area contributed by atoms with Gasteiger partial charge in [-0.1, -0.05) is 72.8 Å². The lowest BCUT2D eigenvalue weighted by Gasteiger charge is -2.17. The summed E-state index contributed by atoms with van der Waals surface area (Å²) in [5.74, 6) is -3.34. The molecular formula is C30H29F5. The maximum absolute atomic E-state index is 14.9. The molecule has 2 unspecified atom stereocenters. The quantitative estimate of drug-likeness (QED) is 0.199. The first-order valence-corrected chi connectivity index (χ1v) is 11.7. The number of benzene rings is 3. The van der Waals surface area contributed by atoms with E-state index in [2.05, 4.69) is 0 Å². The molecule has 0 saturated heterocycles. The van der Waals surface area contributed by atoms with E-state index in [1.165, 1.54) is 24.3 Å². The van der Waals surface area contributed by atoms with Crippen molar-refractivity contribution in [3.05, 3.63) is 119 Å². The molecule has 0 saturated carbocycles. The van der Waals surface area contributed by atoms with Crippen LogP contribution in [0.3, 0.4) is 0 Å². The lowest BCUT2D eigenvalue weighted by Crippen LogP contribution is -2.07. The summed E-state index contributed by atoms with van der Waals surface area (Å²) in [6.07, 6.45) is 5.91. The lowest BCUT2D eigenvalue weighted by molar-refractivity contribution is 0.165. The van der Waals surface area contributed by atoms with Gasteiger partial charge in [0.15, 0.2) is 24.0 Å². The van der Waals surface area contributed by atoms with Crippen LogP contribution < -0.4 is 0 Å². The monoisotopic (exact) mass is 484 g/mol. The van der Waals surface area contributed by atoms with Gasteiger partial charge in [0.2, 0.25) is 0 Å². The van der Waals surface area contributed by atoms with Crippen LogP contribution in [0.15, 0.2) is 78.9 Å². The first-order chi connectivity index (χ1) is 16.9. The number of hydrogen-bond acceptors (Lipinski definition) is 0. The summed E-state index contributed by atoms with van der Waals surface area (Å²) in [7, 11) is 0. The molecule has 3 rings (SSSR count). The van der Waals surface area contributed by atoms with E-state index >= 15 is 0 Å². The molecule has 3 aromatic rings. The fourth-order valence-corrected chi connectivity index (χ4v) is 3.93. The van der Waals surface area contributed by atoms with Crippen LogP contribution in [-0.2, 0) is 12.8 Å². The topological polar surface area (TPSA) is 0 Å². The Hall–Kier alpha value is -3.21. The number of aryl methyl sites for hydroxylation is 2. The number of allylic oxidation sites excluding steroid dienone is 4. The Bertz CT molecular complexity index is 1180. The Morgan fingerprint density at radius 1 is 0.714 bits per heavy atom. The van der Waals surface area contributed by atoms with Gasteiger partial charge in [0.25, 0.3) is 0 Å². The van der Waals surface area contributed by atoms with Gasteiger partial charge in [-0.15, -0.1) is 0 Å². The average molecular weight is 485 g/mol. The summed E-state index contributed by atoms with van der Waals surface area (Å²) < 4.78 is 73.9. The van der Waals surface area contributed by atoms with Gasteiger partial charge >= 0.3 is 0 Å². The second kappa shape index (κ2) is 12.5. The Balaban J connectivity index is 1.79. The summed E-state index contributed by atoms with van der Waals surface area (Å²) in [6.45, 7) is 3.80. The number of alkyl halides is 2. The van der Waals surface area contributed by atoms with Gasteiger partial charge in [-0.2, -0.15) is 0 Å². The van der Waals surface area contributed by atoms with Gasteiger partial charge in [-0.3, -0.25) is 0 Å². The standard InChI is InChI=1S/C30H29F5/c1-3-5-7-9-20-11-13-22(14-12-20)27(32)29(34)25-18-17-24(28(33)30(25)35)23-16-15-21(26(31)19-23)10-8-6-4-2/h3-6,11-19,27,29H,7-10H2,1-2H3/b5-3+,6-4+. The van der Waals surface area contributed by atoms with Crippen LogP contribution in [0, 0.1) is 17.5 Å². The molecule has 0 radical (unpaired) electrons. The van der Waals surface area contributed by atoms with E-state index in [-0.39, 0.29) is 16.7 Å². The van der Waals surface area contributed by atoms with Crippen LogP contribution in [0.1, 0.15) is 61.3 Å². The molecule has 0 amide bonds. The molecule has 0 aromatic heterocycles. The predicted octanol–water partition coefficient (Wildman–Crippen LogP) is 9.51. The highest BCUT2D eigenvalue weighted by atomic mass is 19.2. The van der Waals surface area contributed by atoms with Crippen molar-refractivity contribution in [3.63, 3.8) is 0 Å². The summed E-state index contributed by atoms with van der Waals surface area (Å²) in [5.41, 5.74) is 0.683. The molecule has 2 atom stereocenters. The average Bonchev–Trinajstić information content (AvgIpc) is 2.86. The molecule has 35 heavy (non-hydrogen) atoms. The minimum Gasteiger partial charge on any atom is -0.239 e. The fraction of sp³-hybridized carbons (Fsp3) is 0.267. The normalized spacial score (nSPS) is 13.6. The van der Waals surface area contributed by atoms with Gasteiger partial charge in [0.05, 0.1) is 0 Å². The van der Waals surface area contributed by atoms with E-state index in [1.807, 2.05) is 38.2 Å². The van der Waals surface area contributed by atoms with E-state index < -0.39 is 35.4 Å². The maximum Gasteiger partial charge on any atom is 0.167 e. The van der Waals surface area contributed by atoms with Crippen LogP contribution in [0.2, 0.25) is 0 Å². The summed E-state index contributed by atoms with van der Waals surface area (Å²) in [5, 5.41) is 0. The van der Waals surface area contributed by atoms with Crippen LogP contribution in [0.4, 0.5) is 22.0 Å². The van der Waals surface area contributed by atoms with Crippen molar-refractivity contribution in [2.45, 2.75) is 51.9 Å². The Morgan fingerprint density at radius 2 is 1.37 bits per heavy atom. The zero-order valence-electron chi connectivity index (χ0n) is 19.9. The van der Waals surface area contributed by atoms with E-state index in [1.54, 1.807) is 12.1 Å². The fourth-order valence-electron chi connectivity index (χ4n) is 3.93. The molecule has 184 valence electrons. The van der Waals surface area contributed by atoms with Crippen molar-refractivity contribution >= 4 is 0 Å². The maximum atomic E-state index is 14.9. The molecule has 0 heterocycles. The Labute approximate surface area is 203 Å². The van der Waals surface area contributed by atoms with Crippen molar-refractivity contribution in [3.8, 4) is 11.1 Å². The molecule has 0 aliphatic rings. The van der Waals surface area contributed by atoms with E-state index in [0.717, 1.165) is 36.6 Å². The third kappa shape index (κ3) is 6.47. The molecule has 0 N–H and O–H groups in total. The molecule has 0 bridgehead atoms. The Morgan fingerprint density at radius 3 is 2.00 bits per heavy atom. The predicted molar refractivity (Wildman–Crippen MR) is 132 cm³/mol. The van der Waals surface area contributed by atoms with E-state index in [0.29, 0.717) is 18.4 Å². The lowest BCUT2D eigenvalue weighted by atomic mass is 9.95. The first kappa shape index (κ1) is 26.4. The highest BCUT2D eigenvalue weighted by molar-refractivity contribution is 5.65. The van der Waals surface area contributed by atoms with Gasteiger partial charge in [0, 0.05) is 11.1 Å². The van der Waals surface area contributed by atoms with Gasteiger partial charge < -0.3 is 0 Å². The zero-order valence-corrected chi connectivity index (χ0v) is 19.9. The summed E-state index contributed by atoms with van der Waals surface area (Å²) in [6, 6.07) is 12.7. The number of hydrogen-bond donors (Lipinski definition) is 0. The van der Waals surface area contributed by atoms with Crippen molar-refractivity contribution in [2.24, 2.45) is 0 Å². The zero-order chi connectivity index (χ0) is 25.4. The van der Waals surface area contributed by atoms with Crippen LogP contribution in [0.25, 0.3) is 11.1 Å². The van der Waals surface area contributed by atoms with Crippen molar-refractivity contribution < 1.29 is 22.0 Å². The van der Waals surface area contributed by atoms with Gasteiger partial charge in [-0.25, -0.2) is 22.0 Å². The van der Waals surface area contributed by atoms with Gasteiger partial charge in [0.1, 0.15) is 5.82 Å². The van der Waals surface area contributed by atoms with E-state index in [9.17, 15) is 22.0 Å². The number of halogens is 5. The van der Waals surface area contributed by atoms with Crippen LogP contribution >= 0.6 is 0 Å². The molecular weight excluding hydrogens is 455 g/mol. The highest BCUT2D eigenvalue weighted by Crippen LogP contribution is 2.39. The largest absolute Gasteiger partial charge is 0.239 e. The molecule has 0 aliphatic carbocycles. The third-order valence-electron chi connectivity index (χ3n) is 5.98. The smallest absolute Gasteiger partial charge is 0.167 e. The van der Waals surface area contributed by atoms with Crippen molar-refractivity contribution in [2.75, 3.05) is 0 Å². The third-order valence-corrected chi connectivity index (χ3v) is 5.98. The molecule has 0 fully saturated rings. The van der Waals surface area contributed by atoms with E-state index in [4.69, 9.17) is 0 Å². The molecule has 0 spiro atoms. The first-order valence-electron chi connectivity index (χ1n) is 11.7. The van der Waals surface area contributed by atoms with Crippen molar-refractivity contribution in [1.82, 2.24) is 0 Å². The number of rotatable bonds is 10. The Kier molecular flexibility index (Phi) is 9.41. The van der Waals surface area contributed by atoms with Crippen LogP contribution in [0.5, 0.6) is 0 Å². The second-order valence-corrected chi connectivity index (χ2v) is 8.40. The van der Waals surface area contributed by atoms with Crippen molar-refractivity contribution in [1.29, 1.82) is 0 Å². The molecule has 5 heteroatoms. The molecule has 0 nitrogen and oxygen atoms in total. The van der Waals surface area contributed by atoms with Gasteiger partial charge in [-0.05, 0) is 67.9 Å². The minimum atomic E-state index is -2.39. The second-order valence-electron chi connectivity index (χ2n) is 8.40. The molecule has 3 aromatic carbocycles. The summed E-state index contributed by atoms with van der Waals surface area (Å²) in [4.78, 5) is 0. The minimum absolute atomic E-state index is 0.0479. The van der Waals surface area contributed by atoms with Crippen LogP contribution in [-0.4, -0.2) is 0 Å².